The van der Waals surface area contributed by atoms with Gasteiger partial charge in [0.2, 0.25) is 0 Å². The van der Waals surface area contributed by atoms with Crippen molar-refractivity contribution < 1.29 is 19.1 Å². The Morgan fingerprint density at radius 2 is 1.55 bits per heavy atom. The van der Waals surface area contributed by atoms with E-state index in [2.05, 4.69) is 0 Å². The number of allylic oxidation sites excluding steroid dienone is 1. The van der Waals surface area contributed by atoms with Crippen molar-refractivity contribution >= 4 is 11.9 Å². The fourth-order valence-electron chi connectivity index (χ4n) is 1.74. The average Bonchev–Trinajstić information content (AvgIpc) is 2.45. The highest BCUT2D eigenvalue weighted by molar-refractivity contribution is 6.14. The molecule has 4 heteroatoms. The van der Waals surface area contributed by atoms with Crippen LogP contribution in [0.4, 0.5) is 0 Å². The summed E-state index contributed by atoms with van der Waals surface area (Å²) in [7, 11) is 0. The molecule has 0 saturated carbocycles. The van der Waals surface area contributed by atoms with E-state index in [4.69, 9.17) is 9.47 Å². The Hall–Kier alpha value is -2.10. The smallest absolute Gasteiger partial charge is 0.345 e. The van der Waals surface area contributed by atoms with Gasteiger partial charge in [0.25, 0.3) is 0 Å². The molecule has 1 aromatic carbocycles. The van der Waals surface area contributed by atoms with E-state index in [1.54, 1.807) is 19.9 Å². The summed E-state index contributed by atoms with van der Waals surface area (Å²) in [4.78, 5) is 23.7. The quantitative estimate of drug-likeness (QED) is 0.347. The van der Waals surface area contributed by atoms with Crippen molar-refractivity contribution in [2.45, 2.75) is 26.7 Å². The number of esters is 2. The molecule has 0 N–H and O–H groups in total. The van der Waals surface area contributed by atoms with Crippen LogP contribution < -0.4 is 0 Å². The molecular weight excluding hydrogens is 256 g/mol. The minimum absolute atomic E-state index is 0.0509. The Balaban J connectivity index is 3.00. The van der Waals surface area contributed by atoms with Crippen LogP contribution in [0, 0.1) is 0 Å². The Morgan fingerprint density at radius 3 is 2.00 bits per heavy atom. The summed E-state index contributed by atoms with van der Waals surface area (Å²) in [6, 6.07) is 9.61. The zero-order valence-corrected chi connectivity index (χ0v) is 12.1. The highest BCUT2D eigenvalue weighted by Crippen LogP contribution is 2.19. The summed E-state index contributed by atoms with van der Waals surface area (Å²) in [5.74, 6) is -1.37. The maximum Gasteiger partial charge on any atom is 0.345 e. The lowest BCUT2D eigenvalue weighted by Crippen LogP contribution is -2.19. The van der Waals surface area contributed by atoms with Gasteiger partial charge in [0.05, 0.1) is 13.2 Å². The molecule has 0 bridgehead atoms. The first-order chi connectivity index (χ1) is 9.60. The third-order valence-corrected chi connectivity index (χ3v) is 2.73. The minimum atomic E-state index is -0.645. The normalized spacial score (nSPS) is 11.3. The van der Waals surface area contributed by atoms with Crippen LogP contribution in [0.3, 0.4) is 0 Å². The third kappa shape index (κ3) is 4.53. The standard InChI is InChI=1S/C16H20O4/c1-4-19-15(17)14(16(18)20-5-2)11-12(3)13-9-7-6-8-10-13/h6-12H,4-5H2,1-3H3/t12-/m1/s1. The van der Waals surface area contributed by atoms with Crippen LogP contribution in [0.2, 0.25) is 0 Å². The summed E-state index contributed by atoms with van der Waals surface area (Å²) >= 11 is 0. The molecule has 0 spiro atoms. The number of benzene rings is 1. The van der Waals surface area contributed by atoms with Gasteiger partial charge in [0, 0.05) is 5.92 Å². The van der Waals surface area contributed by atoms with Crippen molar-refractivity contribution in [2.75, 3.05) is 13.2 Å². The molecule has 1 aromatic rings. The van der Waals surface area contributed by atoms with Crippen molar-refractivity contribution in [1.29, 1.82) is 0 Å². The van der Waals surface area contributed by atoms with Gasteiger partial charge in [0.15, 0.2) is 0 Å². The molecule has 0 aliphatic carbocycles. The van der Waals surface area contributed by atoms with Crippen molar-refractivity contribution in [3.05, 3.63) is 47.5 Å². The van der Waals surface area contributed by atoms with Crippen LogP contribution in [0.5, 0.6) is 0 Å². The molecule has 0 radical (unpaired) electrons. The van der Waals surface area contributed by atoms with Crippen LogP contribution in [0.1, 0.15) is 32.3 Å². The van der Waals surface area contributed by atoms with Crippen LogP contribution in [-0.4, -0.2) is 25.2 Å². The van der Waals surface area contributed by atoms with Crippen LogP contribution in [0.25, 0.3) is 0 Å². The van der Waals surface area contributed by atoms with Gasteiger partial charge in [-0.2, -0.15) is 0 Å². The molecule has 20 heavy (non-hydrogen) atoms. The van der Waals surface area contributed by atoms with Crippen molar-refractivity contribution in [1.82, 2.24) is 0 Å². The van der Waals surface area contributed by atoms with Gasteiger partial charge in [0.1, 0.15) is 5.57 Å². The Kier molecular flexibility index (Phi) is 6.50. The predicted octanol–water partition coefficient (Wildman–Crippen LogP) is 2.84. The van der Waals surface area contributed by atoms with E-state index in [-0.39, 0.29) is 24.7 Å². The summed E-state index contributed by atoms with van der Waals surface area (Å²) < 4.78 is 9.80. The largest absolute Gasteiger partial charge is 0.462 e. The first-order valence-electron chi connectivity index (χ1n) is 6.71. The Labute approximate surface area is 119 Å². The van der Waals surface area contributed by atoms with E-state index in [0.29, 0.717) is 0 Å². The molecule has 0 fully saturated rings. The summed E-state index contributed by atoms with van der Waals surface area (Å²) in [6.07, 6.45) is 1.59. The maximum atomic E-state index is 11.8. The number of carbonyl (C=O) groups excluding carboxylic acids is 2. The second-order valence-electron chi connectivity index (χ2n) is 4.22. The Bertz CT molecular complexity index is 457. The summed E-state index contributed by atoms with van der Waals surface area (Å²) in [6.45, 7) is 5.74. The molecule has 0 heterocycles. The van der Waals surface area contributed by atoms with Crippen molar-refractivity contribution in [2.24, 2.45) is 0 Å². The molecule has 108 valence electrons. The molecule has 0 saturated heterocycles. The maximum absolute atomic E-state index is 11.8. The highest BCUT2D eigenvalue weighted by atomic mass is 16.6. The van der Waals surface area contributed by atoms with E-state index < -0.39 is 11.9 Å². The van der Waals surface area contributed by atoms with Gasteiger partial charge in [-0.1, -0.05) is 43.3 Å². The van der Waals surface area contributed by atoms with E-state index >= 15 is 0 Å². The first-order valence-corrected chi connectivity index (χ1v) is 6.71. The van der Waals surface area contributed by atoms with Gasteiger partial charge in [-0.25, -0.2) is 9.59 Å². The molecule has 0 aromatic heterocycles. The summed E-state index contributed by atoms with van der Waals surface area (Å²) in [5.41, 5.74) is 0.962. The zero-order chi connectivity index (χ0) is 15.0. The van der Waals surface area contributed by atoms with Crippen LogP contribution in [0.15, 0.2) is 42.0 Å². The highest BCUT2D eigenvalue weighted by Gasteiger charge is 2.22. The summed E-state index contributed by atoms with van der Waals surface area (Å²) in [5, 5.41) is 0. The predicted molar refractivity (Wildman–Crippen MR) is 76.2 cm³/mol. The molecular formula is C16H20O4. The SMILES string of the molecule is CCOC(=O)C(=C[C@@H](C)c1ccccc1)C(=O)OCC. The van der Waals surface area contributed by atoms with Gasteiger partial charge in [-0.3, -0.25) is 0 Å². The topological polar surface area (TPSA) is 52.6 Å². The first kappa shape index (κ1) is 16.0. The molecule has 0 aliphatic heterocycles. The number of hydrogen-bond acceptors (Lipinski definition) is 4. The lowest BCUT2D eigenvalue weighted by atomic mass is 9.98. The van der Waals surface area contributed by atoms with E-state index in [1.165, 1.54) is 0 Å². The third-order valence-electron chi connectivity index (χ3n) is 2.73. The lowest BCUT2D eigenvalue weighted by molar-refractivity contribution is -0.146. The van der Waals surface area contributed by atoms with Gasteiger partial charge >= 0.3 is 11.9 Å². The molecule has 4 nitrogen and oxygen atoms in total. The van der Waals surface area contributed by atoms with Gasteiger partial charge < -0.3 is 9.47 Å². The van der Waals surface area contributed by atoms with E-state index in [9.17, 15) is 9.59 Å². The molecule has 1 atom stereocenters. The second kappa shape index (κ2) is 8.15. The zero-order valence-electron chi connectivity index (χ0n) is 12.1. The monoisotopic (exact) mass is 276 g/mol. The number of hydrogen-bond donors (Lipinski definition) is 0. The van der Waals surface area contributed by atoms with Crippen LogP contribution >= 0.6 is 0 Å². The Morgan fingerprint density at radius 1 is 1.05 bits per heavy atom. The molecule has 0 amide bonds. The van der Waals surface area contributed by atoms with Gasteiger partial charge in [-0.15, -0.1) is 0 Å². The second-order valence-corrected chi connectivity index (χ2v) is 4.22. The van der Waals surface area contributed by atoms with Gasteiger partial charge in [-0.05, 0) is 19.4 Å². The van der Waals surface area contributed by atoms with E-state index in [1.807, 2.05) is 37.3 Å². The molecule has 1 rings (SSSR count). The van der Waals surface area contributed by atoms with Crippen molar-refractivity contribution in [3.63, 3.8) is 0 Å². The number of rotatable bonds is 6. The fourth-order valence-corrected chi connectivity index (χ4v) is 1.74. The van der Waals surface area contributed by atoms with Crippen molar-refractivity contribution in [3.8, 4) is 0 Å². The lowest BCUT2D eigenvalue weighted by Gasteiger charge is -2.10. The van der Waals surface area contributed by atoms with E-state index in [0.717, 1.165) is 5.56 Å². The average molecular weight is 276 g/mol. The fraction of sp³-hybridized carbons (Fsp3) is 0.375. The van der Waals surface area contributed by atoms with Crippen LogP contribution in [-0.2, 0) is 19.1 Å². The minimum Gasteiger partial charge on any atom is -0.462 e. The number of carbonyl (C=O) groups is 2. The molecule has 0 aliphatic rings. The molecule has 0 unspecified atom stereocenters. The number of ether oxygens (including phenoxy) is 2.